The van der Waals surface area contributed by atoms with Crippen molar-refractivity contribution in [1.82, 2.24) is 9.73 Å². The number of halogens is 1. The zero-order valence-corrected chi connectivity index (χ0v) is 17.3. The molecule has 0 aliphatic rings. The summed E-state index contributed by atoms with van der Waals surface area (Å²) in [6, 6.07) is 17.7. The Morgan fingerprint density at radius 2 is 1.77 bits per heavy atom. The van der Waals surface area contributed by atoms with Gasteiger partial charge in [0, 0.05) is 11.6 Å². The van der Waals surface area contributed by atoms with E-state index in [1.54, 1.807) is 12.1 Å². The third-order valence-corrected chi connectivity index (χ3v) is 6.09. The first kappa shape index (κ1) is 21.6. The van der Waals surface area contributed by atoms with Crippen molar-refractivity contribution in [1.29, 1.82) is 0 Å². The largest absolute Gasteiger partial charge is 0.459 e. The molecule has 3 rings (SSSR count). The van der Waals surface area contributed by atoms with Crippen molar-refractivity contribution in [3.8, 4) is 0 Å². The van der Waals surface area contributed by atoms with Gasteiger partial charge in [0.05, 0.1) is 17.7 Å². The van der Waals surface area contributed by atoms with Crippen LogP contribution in [0.4, 0.5) is 4.79 Å². The molecule has 0 spiro atoms. The van der Waals surface area contributed by atoms with E-state index in [1.807, 2.05) is 30.3 Å². The molecule has 0 bridgehead atoms. The van der Waals surface area contributed by atoms with Gasteiger partial charge >= 0.3 is 6.03 Å². The van der Waals surface area contributed by atoms with Crippen LogP contribution in [0.1, 0.15) is 17.1 Å². The second-order valence-corrected chi connectivity index (χ2v) is 8.63. The van der Waals surface area contributed by atoms with E-state index in [-0.39, 0.29) is 18.0 Å². The fourth-order valence-electron chi connectivity index (χ4n) is 2.65. The molecule has 30 heavy (non-hydrogen) atoms. The number of primary amides is 1. The summed E-state index contributed by atoms with van der Waals surface area (Å²) in [5.41, 5.74) is 7.82. The summed E-state index contributed by atoms with van der Waals surface area (Å²) >= 11 is 5.90. The van der Waals surface area contributed by atoms with E-state index in [0.717, 1.165) is 5.56 Å². The molecule has 10 heteroatoms. The smallest absolute Gasteiger partial charge is 0.332 e. The summed E-state index contributed by atoms with van der Waals surface area (Å²) in [5.74, 6) is 0.742. The van der Waals surface area contributed by atoms with Crippen molar-refractivity contribution in [2.75, 3.05) is 0 Å². The van der Waals surface area contributed by atoms with Gasteiger partial charge in [-0.05, 0) is 42.0 Å². The van der Waals surface area contributed by atoms with Crippen LogP contribution in [-0.4, -0.2) is 25.0 Å². The second-order valence-electron chi connectivity index (χ2n) is 6.25. The minimum absolute atomic E-state index is 0.00303. The van der Waals surface area contributed by atoms with Gasteiger partial charge in [-0.15, -0.1) is 0 Å². The van der Waals surface area contributed by atoms with E-state index in [1.165, 1.54) is 34.8 Å². The van der Waals surface area contributed by atoms with Crippen molar-refractivity contribution < 1.29 is 17.6 Å². The lowest BCUT2D eigenvalue weighted by Crippen LogP contribution is -2.30. The second kappa shape index (κ2) is 9.57. The maximum atomic E-state index is 13.3. The number of furan rings is 1. The molecule has 0 saturated carbocycles. The molecule has 0 aliphatic heterocycles. The lowest BCUT2D eigenvalue weighted by Gasteiger charge is -2.21. The van der Waals surface area contributed by atoms with Crippen LogP contribution in [-0.2, 0) is 23.1 Å². The van der Waals surface area contributed by atoms with Gasteiger partial charge in [-0.1, -0.05) is 41.9 Å². The van der Waals surface area contributed by atoms with Crippen molar-refractivity contribution in [2.24, 2.45) is 10.8 Å². The predicted octanol–water partition coefficient (Wildman–Crippen LogP) is 3.33. The van der Waals surface area contributed by atoms with Crippen LogP contribution in [0, 0.1) is 0 Å². The first-order valence-corrected chi connectivity index (χ1v) is 10.6. The highest BCUT2D eigenvalue weighted by molar-refractivity contribution is 7.89. The Hall–Kier alpha value is -3.14. The van der Waals surface area contributed by atoms with Crippen LogP contribution < -0.4 is 11.2 Å². The molecule has 3 N–H and O–H groups in total. The van der Waals surface area contributed by atoms with Crippen LogP contribution in [0.3, 0.4) is 0 Å². The predicted molar refractivity (Wildman–Crippen MR) is 113 cm³/mol. The molecule has 2 amide bonds. The molecular weight excluding hydrogens is 428 g/mol. The van der Waals surface area contributed by atoms with Crippen molar-refractivity contribution in [3.63, 3.8) is 0 Å². The van der Waals surface area contributed by atoms with Crippen LogP contribution in [0.25, 0.3) is 0 Å². The highest BCUT2D eigenvalue weighted by Gasteiger charge is 2.26. The molecule has 1 heterocycles. The normalized spacial score (nSPS) is 11.8. The summed E-state index contributed by atoms with van der Waals surface area (Å²) < 4.78 is 33.4. The topological polar surface area (TPSA) is 118 Å². The Morgan fingerprint density at radius 1 is 1.07 bits per heavy atom. The number of rotatable bonds is 8. The summed E-state index contributed by atoms with van der Waals surface area (Å²) in [4.78, 5) is 10.8. The maximum absolute atomic E-state index is 13.3. The number of hydrazone groups is 1. The molecule has 156 valence electrons. The van der Waals surface area contributed by atoms with Gasteiger partial charge in [-0.3, -0.25) is 0 Å². The van der Waals surface area contributed by atoms with E-state index in [9.17, 15) is 13.2 Å². The number of carbonyl (C=O) groups is 1. The van der Waals surface area contributed by atoms with Gasteiger partial charge < -0.3 is 10.2 Å². The highest BCUT2D eigenvalue weighted by Crippen LogP contribution is 2.23. The number of hydrogen-bond acceptors (Lipinski definition) is 5. The van der Waals surface area contributed by atoms with Gasteiger partial charge in [0.1, 0.15) is 11.5 Å². The monoisotopic (exact) mass is 446 g/mol. The SMILES string of the molecule is NC(=O)N/N=C\c1ccc(CN(Cc2ccccc2)S(=O)(=O)c2ccc(Cl)cc2)o1. The zero-order valence-electron chi connectivity index (χ0n) is 15.7. The molecule has 0 aliphatic carbocycles. The lowest BCUT2D eigenvalue weighted by molar-refractivity contribution is 0.249. The molecule has 3 aromatic rings. The third kappa shape index (κ3) is 5.69. The number of hydrogen-bond donors (Lipinski definition) is 2. The summed E-state index contributed by atoms with van der Waals surface area (Å²) in [7, 11) is -3.83. The summed E-state index contributed by atoms with van der Waals surface area (Å²) in [5, 5.41) is 4.07. The number of sulfonamides is 1. The van der Waals surface area contributed by atoms with E-state index >= 15 is 0 Å². The molecule has 0 radical (unpaired) electrons. The zero-order chi connectivity index (χ0) is 21.6. The lowest BCUT2D eigenvalue weighted by atomic mass is 10.2. The fourth-order valence-corrected chi connectivity index (χ4v) is 4.17. The van der Waals surface area contributed by atoms with Gasteiger partial charge in [0.25, 0.3) is 0 Å². The first-order chi connectivity index (χ1) is 14.3. The van der Waals surface area contributed by atoms with Crippen LogP contribution in [0.15, 0.2) is 81.1 Å². The average Bonchev–Trinajstić information content (AvgIpc) is 3.16. The molecule has 2 aromatic carbocycles. The number of urea groups is 1. The molecule has 1 aromatic heterocycles. The van der Waals surface area contributed by atoms with Crippen molar-refractivity contribution in [3.05, 3.63) is 88.8 Å². The average molecular weight is 447 g/mol. The van der Waals surface area contributed by atoms with Gasteiger partial charge in [0.2, 0.25) is 10.0 Å². The fraction of sp³-hybridized carbons (Fsp3) is 0.100. The number of amides is 2. The van der Waals surface area contributed by atoms with Crippen LogP contribution in [0.2, 0.25) is 5.02 Å². The molecule has 0 unspecified atom stereocenters. The number of nitrogens with one attached hydrogen (secondary N) is 1. The molecule has 0 saturated heterocycles. The summed E-state index contributed by atoms with van der Waals surface area (Å²) in [6.45, 7) is 0.149. The van der Waals surface area contributed by atoms with E-state index in [2.05, 4.69) is 10.5 Å². The highest BCUT2D eigenvalue weighted by atomic mass is 35.5. The Bertz CT molecular complexity index is 1130. The van der Waals surface area contributed by atoms with Crippen LogP contribution >= 0.6 is 11.6 Å². The minimum atomic E-state index is -3.83. The molecular formula is C20H19ClN4O4S. The molecule has 0 atom stereocenters. The maximum Gasteiger partial charge on any atom is 0.332 e. The van der Waals surface area contributed by atoms with Gasteiger partial charge in [-0.25, -0.2) is 18.6 Å². The number of carbonyl (C=O) groups excluding carboxylic acids is 1. The summed E-state index contributed by atoms with van der Waals surface area (Å²) in [6.07, 6.45) is 1.27. The van der Waals surface area contributed by atoms with Crippen LogP contribution in [0.5, 0.6) is 0 Å². The first-order valence-electron chi connectivity index (χ1n) is 8.81. The molecule has 0 fully saturated rings. The Kier molecular flexibility index (Phi) is 6.88. The van der Waals surface area contributed by atoms with Gasteiger partial charge in [0.15, 0.2) is 0 Å². The van der Waals surface area contributed by atoms with Crippen molar-refractivity contribution >= 4 is 33.9 Å². The molecule has 8 nitrogen and oxygen atoms in total. The van der Waals surface area contributed by atoms with E-state index in [4.69, 9.17) is 21.8 Å². The van der Waals surface area contributed by atoms with E-state index in [0.29, 0.717) is 16.5 Å². The van der Waals surface area contributed by atoms with E-state index < -0.39 is 16.1 Å². The third-order valence-electron chi connectivity index (χ3n) is 4.03. The number of nitrogens with zero attached hydrogens (tertiary/aromatic N) is 2. The Morgan fingerprint density at radius 3 is 2.43 bits per heavy atom. The minimum Gasteiger partial charge on any atom is -0.459 e. The Balaban J connectivity index is 1.86. The van der Waals surface area contributed by atoms with Crippen molar-refractivity contribution in [2.45, 2.75) is 18.0 Å². The Labute approximate surface area is 179 Å². The van der Waals surface area contributed by atoms with Gasteiger partial charge in [-0.2, -0.15) is 9.41 Å². The number of nitrogens with two attached hydrogens (primary N) is 1. The quantitative estimate of drug-likeness (QED) is 0.407. The number of benzene rings is 2. The standard InChI is InChI=1S/C20H19ClN4O4S/c21-16-6-10-19(11-7-16)30(27,28)25(13-15-4-2-1-3-5-15)14-18-9-8-17(29-18)12-23-24-20(22)26/h1-12H,13-14H2,(H3,22,24,26)/b23-12-.